The molecule has 8 aromatic carbocycles. The molecule has 0 amide bonds. The quantitative estimate of drug-likeness (QED) is 0.156. The summed E-state index contributed by atoms with van der Waals surface area (Å²) in [7, 11) is -5.87. The van der Waals surface area contributed by atoms with Crippen molar-refractivity contribution in [3.05, 3.63) is 245 Å². The van der Waals surface area contributed by atoms with Gasteiger partial charge in [0, 0.05) is 29.6 Å². The van der Waals surface area contributed by atoms with Crippen molar-refractivity contribution >= 4 is 87.8 Å². The molecule has 66 heavy (non-hydrogen) atoms. The third-order valence-electron chi connectivity index (χ3n) is 12.3. The van der Waals surface area contributed by atoms with Gasteiger partial charge < -0.3 is 9.13 Å². The van der Waals surface area contributed by atoms with Gasteiger partial charge in [0.05, 0.1) is 10.8 Å². The molecule has 8 aromatic rings. The highest BCUT2D eigenvalue weighted by Gasteiger charge is 2.48. The lowest BCUT2D eigenvalue weighted by Crippen LogP contribution is -2.30. The fraction of sp³-hybridized carbons (Fsp3) is 0.143. The van der Waals surface area contributed by atoms with Gasteiger partial charge in [-0.3, -0.25) is 0 Å². The molecule has 0 aromatic heterocycles. The molecule has 3 nitrogen and oxygen atoms in total. The fourth-order valence-corrected chi connectivity index (χ4v) is 12.5. The molecule has 0 unspecified atom stereocenters. The molecule has 0 saturated heterocycles. The Bertz CT molecular complexity index is 3130. The van der Waals surface area contributed by atoms with Crippen molar-refractivity contribution in [2.45, 2.75) is 10.8 Å². The van der Waals surface area contributed by atoms with E-state index in [1.54, 1.807) is 13.3 Å². The summed E-state index contributed by atoms with van der Waals surface area (Å²) in [6.45, 7) is 10.6. The Labute approximate surface area is 416 Å². The van der Waals surface area contributed by atoms with Crippen LogP contribution in [0.25, 0.3) is 22.3 Å². The minimum Gasteiger partial charge on any atom is -0.319 e. The van der Waals surface area contributed by atoms with Crippen LogP contribution in [0.3, 0.4) is 0 Å². The zero-order chi connectivity index (χ0) is 47.2. The largest absolute Gasteiger partial charge is 0.332 e. The molecule has 332 valence electrons. The van der Waals surface area contributed by atoms with Gasteiger partial charge in [-0.2, -0.15) is 0 Å². The molecule has 10 heteroatoms. The molecule has 0 aliphatic heterocycles. The molecule has 0 bridgehead atoms. The first-order valence-electron chi connectivity index (χ1n) is 21.4. The number of benzene rings is 8. The Kier molecular flexibility index (Phi) is 14.0. The van der Waals surface area contributed by atoms with E-state index in [2.05, 4.69) is 153 Å². The second-order valence-electron chi connectivity index (χ2n) is 17.6. The average molecular weight is 1090 g/mol. The number of hydrogen-bond acceptors (Lipinski definition) is 3. The molecular formula is C56H48Br2Cl2O3P3+. The fourth-order valence-electron chi connectivity index (χ4n) is 9.64. The van der Waals surface area contributed by atoms with Crippen LogP contribution in [-0.4, -0.2) is 40.0 Å². The van der Waals surface area contributed by atoms with Crippen LogP contribution in [0.2, 0.25) is 10.0 Å². The van der Waals surface area contributed by atoms with E-state index in [9.17, 15) is 13.7 Å². The summed E-state index contributed by atoms with van der Waals surface area (Å²) in [5.74, 6) is 0. The normalized spacial score (nSPS) is 13.7. The molecule has 2 aliphatic carbocycles. The number of rotatable bonds is 6. The maximum Gasteiger partial charge on any atom is 0.332 e. The lowest BCUT2D eigenvalue weighted by Gasteiger charge is -2.34. The van der Waals surface area contributed by atoms with Gasteiger partial charge in [-0.15, -0.1) is 0 Å². The van der Waals surface area contributed by atoms with E-state index < -0.39 is 32.9 Å². The summed E-state index contributed by atoms with van der Waals surface area (Å²) in [4.78, 5) is 0. The van der Waals surface area contributed by atoms with Gasteiger partial charge >= 0.3 is 7.80 Å². The van der Waals surface area contributed by atoms with Gasteiger partial charge in [0.25, 0.3) is 0 Å². The molecule has 0 atom stereocenters. The summed E-state index contributed by atoms with van der Waals surface area (Å²) in [5.41, 5.74) is 12.8. The van der Waals surface area contributed by atoms with E-state index >= 15 is 0 Å². The van der Waals surface area contributed by atoms with Gasteiger partial charge in [0.1, 0.15) is 27.6 Å². The zero-order valence-corrected chi connectivity index (χ0v) is 44.8. The van der Waals surface area contributed by atoms with Crippen LogP contribution in [0.5, 0.6) is 0 Å². The highest BCUT2D eigenvalue weighted by Crippen LogP contribution is 2.59. The first kappa shape index (κ1) is 48.3. The Morgan fingerprint density at radius 1 is 0.409 bits per heavy atom. The molecule has 0 radical (unpaired) electrons. The van der Waals surface area contributed by atoms with Crippen LogP contribution in [0, 0.1) is 0 Å². The maximum atomic E-state index is 13.2. The SMILES string of the molecule is CP(C)(=O)c1ccc2c(c1)C(c1ccccc1)(c1cccc(Cl)c1)c1cc(P(C)(C)=O)ccc1-2.C[P+](C)=O.Clc1cccc(C2(c3ccccc3)c3cc(Br)ccc3-c3ccc(Br)cc32)c1. The van der Waals surface area contributed by atoms with Crippen molar-refractivity contribution < 1.29 is 13.7 Å². The molecule has 0 spiro atoms. The Balaban J connectivity index is 0.000000169. The molecule has 0 N–H and O–H groups in total. The van der Waals surface area contributed by atoms with Crippen LogP contribution in [0.4, 0.5) is 0 Å². The van der Waals surface area contributed by atoms with Crippen molar-refractivity contribution in [2.75, 3.05) is 40.0 Å². The maximum absolute atomic E-state index is 13.2. The van der Waals surface area contributed by atoms with E-state index in [-0.39, 0.29) is 0 Å². The highest BCUT2D eigenvalue weighted by atomic mass is 79.9. The van der Waals surface area contributed by atoms with E-state index in [0.717, 1.165) is 58.0 Å². The first-order valence-corrected chi connectivity index (χ1v) is 31.0. The summed E-state index contributed by atoms with van der Waals surface area (Å²) < 4.78 is 38.0. The third kappa shape index (κ3) is 8.99. The summed E-state index contributed by atoms with van der Waals surface area (Å²) in [5, 5.41) is 3.09. The third-order valence-corrected chi connectivity index (χ3v) is 16.8. The summed E-state index contributed by atoms with van der Waals surface area (Å²) in [6.07, 6.45) is 0. The summed E-state index contributed by atoms with van der Waals surface area (Å²) >= 11 is 20.4. The summed E-state index contributed by atoms with van der Waals surface area (Å²) in [6, 6.07) is 62.8. The van der Waals surface area contributed by atoms with Crippen LogP contribution in [0.15, 0.2) is 191 Å². The second-order valence-corrected chi connectivity index (χ2v) is 28.4. The van der Waals surface area contributed by atoms with Crippen molar-refractivity contribution in [3.8, 4) is 22.3 Å². The second kappa shape index (κ2) is 19.1. The van der Waals surface area contributed by atoms with E-state index in [4.69, 9.17) is 23.2 Å². The van der Waals surface area contributed by atoms with Crippen LogP contribution in [-0.2, 0) is 24.5 Å². The average Bonchev–Trinajstić information content (AvgIpc) is 3.73. The van der Waals surface area contributed by atoms with Crippen molar-refractivity contribution in [3.63, 3.8) is 0 Å². The molecular weight excluding hydrogens is 1040 g/mol. The topological polar surface area (TPSA) is 51.2 Å². The zero-order valence-electron chi connectivity index (χ0n) is 37.4. The monoisotopic (exact) mass is 1090 g/mol. The minimum atomic E-state index is -2.50. The van der Waals surface area contributed by atoms with Gasteiger partial charge in [0.2, 0.25) is 0 Å². The van der Waals surface area contributed by atoms with Crippen LogP contribution >= 0.6 is 77.1 Å². The Hall–Kier alpha value is -4.14. The number of hydrogen-bond donors (Lipinski definition) is 0. The van der Waals surface area contributed by atoms with Crippen molar-refractivity contribution in [1.29, 1.82) is 0 Å². The number of fused-ring (bicyclic) bond motifs is 6. The van der Waals surface area contributed by atoms with Gasteiger partial charge in [-0.1, -0.05) is 181 Å². The van der Waals surface area contributed by atoms with Crippen LogP contribution in [0.1, 0.15) is 44.5 Å². The smallest absolute Gasteiger partial charge is 0.319 e. The molecule has 0 heterocycles. The van der Waals surface area contributed by atoms with Gasteiger partial charge in [0.15, 0.2) is 0 Å². The van der Waals surface area contributed by atoms with Crippen LogP contribution < -0.4 is 10.6 Å². The molecule has 2 aliphatic rings. The number of halogens is 4. The predicted molar refractivity (Wildman–Crippen MR) is 291 cm³/mol. The highest BCUT2D eigenvalue weighted by molar-refractivity contribution is 9.10. The van der Waals surface area contributed by atoms with Crippen molar-refractivity contribution in [2.24, 2.45) is 0 Å². The van der Waals surface area contributed by atoms with E-state index in [0.29, 0.717) is 5.02 Å². The van der Waals surface area contributed by atoms with Crippen molar-refractivity contribution in [1.82, 2.24) is 0 Å². The van der Waals surface area contributed by atoms with E-state index in [1.807, 2.05) is 87.3 Å². The van der Waals surface area contributed by atoms with Gasteiger partial charge in [-0.05, 0) is 154 Å². The molecule has 0 saturated carbocycles. The Morgan fingerprint density at radius 2 is 0.712 bits per heavy atom. The first-order chi connectivity index (χ1) is 31.4. The minimum absolute atomic E-state index is 0.426. The Morgan fingerprint density at radius 3 is 1.03 bits per heavy atom. The standard InChI is InChI=1S/C29H27ClO2P2.C25H15Br2Cl.C2H6OP/c1-33(2,31)23-13-15-25-26-16-14-24(34(3,4)32)19-28(26)29(27(25)18-23,20-9-6-5-7-10-20)21-11-8-12-22(30)17-21;26-18-9-11-21-22-12-10-19(27)15-24(22)25(23(21)14-18,16-5-2-1-3-6-16)17-7-4-8-20(28)13-17;1-4(2)3/h5-19H,1-4H3;1-15H;1-2H3/q;;+1. The molecule has 10 rings (SSSR count). The molecule has 0 fully saturated rings. The predicted octanol–water partition coefficient (Wildman–Crippen LogP) is 16.5. The lowest BCUT2D eigenvalue weighted by atomic mass is 9.68. The van der Waals surface area contributed by atoms with E-state index in [1.165, 1.54) is 33.4 Å². The lowest BCUT2D eigenvalue weighted by molar-refractivity contribution is 0.587. The van der Waals surface area contributed by atoms with Gasteiger partial charge in [-0.25, -0.2) is 0 Å².